The number of aromatic amines is 1. The quantitative estimate of drug-likeness (QED) is 0.655. The molecule has 0 spiro atoms. The third-order valence-corrected chi connectivity index (χ3v) is 3.14. The fraction of sp³-hybridized carbons (Fsp3) is 0.143. The molecule has 1 atom stereocenters. The maximum atomic E-state index is 11.5. The molecule has 2 aromatic heterocycles. The van der Waals surface area contributed by atoms with Crippen molar-refractivity contribution in [2.24, 2.45) is 0 Å². The van der Waals surface area contributed by atoms with Crippen LogP contribution in [0.5, 0.6) is 0 Å². The number of rotatable bonds is 5. The van der Waals surface area contributed by atoms with Crippen LogP contribution in [0.2, 0.25) is 0 Å². The molecule has 0 saturated carbocycles. The van der Waals surface area contributed by atoms with E-state index in [1.165, 1.54) is 6.33 Å². The van der Waals surface area contributed by atoms with Crippen molar-refractivity contribution in [2.45, 2.75) is 12.5 Å². The van der Waals surface area contributed by atoms with Crippen molar-refractivity contribution in [3.63, 3.8) is 0 Å². The number of carboxylic acid groups (broad SMARTS) is 1. The van der Waals surface area contributed by atoms with Gasteiger partial charge in [0.2, 0.25) is 0 Å². The van der Waals surface area contributed by atoms with E-state index in [2.05, 4.69) is 25.5 Å². The van der Waals surface area contributed by atoms with Crippen LogP contribution >= 0.6 is 0 Å². The molecule has 3 N–H and O–H groups in total. The molecule has 0 fully saturated rings. The van der Waals surface area contributed by atoms with Crippen molar-refractivity contribution >= 4 is 22.8 Å². The Morgan fingerprint density at radius 1 is 1.29 bits per heavy atom. The average molecular weight is 283 g/mol. The number of aromatic nitrogens is 4. The molecular weight excluding hydrogens is 270 g/mol. The van der Waals surface area contributed by atoms with Crippen LogP contribution in [0.3, 0.4) is 0 Å². The monoisotopic (exact) mass is 283 g/mol. The normalized spacial score (nSPS) is 12.2. The standard InChI is InChI=1S/C14H13N5O2/c20-14(21)11(6-9-4-2-1-3-5-9)18-12-10-7-17-19-13(10)16-8-15-12/h1-5,7-8,11H,6H2,(H,20,21)(H2,15,16,17,18,19). The second-order valence-corrected chi connectivity index (χ2v) is 4.58. The molecule has 0 saturated heterocycles. The molecule has 0 bridgehead atoms. The number of hydrogen-bond donors (Lipinski definition) is 3. The van der Waals surface area contributed by atoms with E-state index in [9.17, 15) is 9.90 Å². The Labute approximate surface area is 120 Å². The molecule has 0 amide bonds. The minimum atomic E-state index is -0.936. The molecule has 1 unspecified atom stereocenters. The number of benzene rings is 1. The molecule has 1 aromatic carbocycles. The van der Waals surface area contributed by atoms with Crippen molar-refractivity contribution in [2.75, 3.05) is 5.32 Å². The molecule has 21 heavy (non-hydrogen) atoms. The highest BCUT2D eigenvalue weighted by atomic mass is 16.4. The van der Waals surface area contributed by atoms with Crippen LogP contribution in [0.1, 0.15) is 5.56 Å². The van der Waals surface area contributed by atoms with Crippen LogP contribution in [-0.2, 0) is 11.2 Å². The highest BCUT2D eigenvalue weighted by molar-refractivity contribution is 5.88. The van der Waals surface area contributed by atoms with Crippen molar-refractivity contribution in [1.29, 1.82) is 0 Å². The number of carbonyl (C=O) groups is 1. The first-order valence-corrected chi connectivity index (χ1v) is 6.41. The van der Waals surface area contributed by atoms with Crippen LogP contribution in [0.25, 0.3) is 11.0 Å². The molecule has 0 aliphatic rings. The Hall–Kier alpha value is -2.96. The SMILES string of the molecule is O=C(O)C(Cc1ccccc1)Nc1ncnc2[nH]ncc12. The summed E-state index contributed by atoms with van der Waals surface area (Å²) in [6, 6.07) is 8.67. The number of hydrogen-bond acceptors (Lipinski definition) is 5. The number of fused-ring (bicyclic) bond motifs is 1. The first kappa shape index (κ1) is 13.0. The Bertz CT molecular complexity index is 756. The van der Waals surface area contributed by atoms with Crippen molar-refractivity contribution in [3.05, 3.63) is 48.4 Å². The van der Waals surface area contributed by atoms with Crippen molar-refractivity contribution in [1.82, 2.24) is 20.2 Å². The Morgan fingerprint density at radius 3 is 2.86 bits per heavy atom. The van der Waals surface area contributed by atoms with Gasteiger partial charge in [-0.05, 0) is 5.56 Å². The molecule has 7 nitrogen and oxygen atoms in total. The van der Waals surface area contributed by atoms with Crippen LogP contribution in [0, 0.1) is 0 Å². The van der Waals surface area contributed by atoms with E-state index < -0.39 is 12.0 Å². The van der Waals surface area contributed by atoms with E-state index in [0.717, 1.165) is 5.56 Å². The maximum absolute atomic E-state index is 11.5. The van der Waals surface area contributed by atoms with E-state index in [1.54, 1.807) is 6.20 Å². The van der Waals surface area contributed by atoms with E-state index in [4.69, 9.17) is 0 Å². The van der Waals surface area contributed by atoms with Crippen molar-refractivity contribution in [3.8, 4) is 0 Å². The van der Waals surface area contributed by atoms with Crippen LogP contribution in [-0.4, -0.2) is 37.3 Å². The van der Waals surface area contributed by atoms with Gasteiger partial charge < -0.3 is 10.4 Å². The third-order valence-electron chi connectivity index (χ3n) is 3.14. The summed E-state index contributed by atoms with van der Waals surface area (Å²) in [5.74, 6) is -0.480. The lowest BCUT2D eigenvalue weighted by Crippen LogP contribution is -2.32. The van der Waals surface area contributed by atoms with Gasteiger partial charge >= 0.3 is 5.97 Å². The second kappa shape index (κ2) is 5.58. The molecule has 3 aromatic rings. The van der Waals surface area contributed by atoms with Gasteiger partial charge in [-0.15, -0.1) is 0 Å². The smallest absolute Gasteiger partial charge is 0.326 e. The van der Waals surface area contributed by atoms with Gasteiger partial charge in [-0.25, -0.2) is 14.8 Å². The molecule has 106 valence electrons. The number of anilines is 1. The first-order valence-electron chi connectivity index (χ1n) is 6.41. The fourth-order valence-electron chi connectivity index (χ4n) is 2.09. The maximum Gasteiger partial charge on any atom is 0.326 e. The lowest BCUT2D eigenvalue weighted by atomic mass is 10.1. The lowest BCUT2D eigenvalue weighted by Gasteiger charge is -2.15. The highest BCUT2D eigenvalue weighted by Crippen LogP contribution is 2.18. The summed E-state index contributed by atoms with van der Waals surface area (Å²) < 4.78 is 0. The van der Waals surface area contributed by atoms with Gasteiger partial charge in [-0.2, -0.15) is 5.10 Å². The van der Waals surface area contributed by atoms with Crippen LogP contribution in [0.15, 0.2) is 42.9 Å². The van der Waals surface area contributed by atoms with Gasteiger partial charge in [0.15, 0.2) is 5.65 Å². The number of nitrogens with zero attached hydrogens (tertiary/aromatic N) is 3. The molecule has 0 aliphatic heterocycles. The molecule has 3 rings (SSSR count). The summed E-state index contributed by atoms with van der Waals surface area (Å²) in [5, 5.41) is 19.6. The Morgan fingerprint density at radius 2 is 2.10 bits per heavy atom. The molecule has 0 aliphatic carbocycles. The largest absolute Gasteiger partial charge is 0.480 e. The van der Waals surface area contributed by atoms with Crippen molar-refractivity contribution < 1.29 is 9.90 Å². The molecule has 7 heteroatoms. The van der Waals surface area contributed by atoms with E-state index >= 15 is 0 Å². The second-order valence-electron chi connectivity index (χ2n) is 4.58. The van der Waals surface area contributed by atoms with E-state index in [1.807, 2.05) is 30.3 Å². The molecular formula is C14H13N5O2. The van der Waals surface area contributed by atoms with Gasteiger partial charge in [-0.1, -0.05) is 30.3 Å². The predicted molar refractivity (Wildman–Crippen MR) is 76.9 cm³/mol. The highest BCUT2D eigenvalue weighted by Gasteiger charge is 2.19. The third kappa shape index (κ3) is 2.81. The van der Waals surface area contributed by atoms with Gasteiger partial charge in [0, 0.05) is 6.42 Å². The minimum Gasteiger partial charge on any atom is -0.480 e. The predicted octanol–water partition coefficient (Wildman–Crippen LogP) is 1.46. The number of aliphatic carboxylic acids is 1. The lowest BCUT2D eigenvalue weighted by molar-refractivity contribution is -0.137. The Kier molecular flexibility index (Phi) is 3.46. The minimum absolute atomic E-state index is 0.361. The van der Waals surface area contributed by atoms with Crippen LogP contribution < -0.4 is 5.32 Å². The summed E-state index contributed by atoms with van der Waals surface area (Å²) in [5.41, 5.74) is 1.51. The van der Waals surface area contributed by atoms with Gasteiger partial charge in [0.05, 0.1) is 11.6 Å². The molecule has 0 radical (unpaired) electrons. The Balaban J connectivity index is 1.85. The molecule has 2 heterocycles. The average Bonchev–Trinajstić information content (AvgIpc) is 2.97. The fourth-order valence-corrected chi connectivity index (χ4v) is 2.09. The topological polar surface area (TPSA) is 104 Å². The van der Waals surface area contributed by atoms with Crippen LogP contribution in [0.4, 0.5) is 5.82 Å². The zero-order valence-corrected chi connectivity index (χ0v) is 11.0. The zero-order valence-electron chi connectivity index (χ0n) is 11.0. The number of H-pyrrole nitrogens is 1. The first-order chi connectivity index (χ1) is 10.2. The summed E-state index contributed by atoms with van der Waals surface area (Å²) in [6.07, 6.45) is 3.29. The number of nitrogens with one attached hydrogen (secondary N) is 2. The van der Waals surface area contributed by atoms with Gasteiger partial charge in [0.1, 0.15) is 18.2 Å². The summed E-state index contributed by atoms with van der Waals surface area (Å²) in [7, 11) is 0. The zero-order chi connectivity index (χ0) is 14.7. The van der Waals surface area contributed by atoms with E-state index in [0.29, 0.717) is 23.3 Å². The van der Waals surface area contributed by atoms with Gasteiger partial charge in [0.25, 0.3) is 0 Å². The van der Waals surface area contributed by atoms with E-state index in [-0.39, 0.29) is 0 Å². The summed E-state index contributed by atoms with van der Waals surface area (Å²) in [6.45, 7) is 0. The van der Waals surface area contributed by atoms with Gasteiger partial charge in [-0.3, -0.25) is 5.10 Å². The summed E-state index contributed by atoms with van der Waals surface area (Å²) in [4.78, 5) is 19.6. The number of carboxylic acids is 1. The summed E-state index contributed by atoms with van der Waals surface area (Å²) >= 11 is 0.